The maximum absolute atomic E-state index is 11.8. The second-order valence-electron chi connectivity index (χ2n) is 6.00. The molecule has 0 bridgehead atoms. The summed E-state index contributed by atoms with van der Waals surface area (Å²) < 4.78 is 22.8. The van der Waals surface area contributed by atoms with Crippen molar-refractivity contribution in [2.24, 2.45) is 5.14 Å². The molecule has 0 amide bonds. The number of hydrogen-bond acceptors (Lipinski definition) is 4. The summed E-state index contributed by atoms with van der Waals surface area (Å²) in [6.07, 6.45) is 0. The van der Waals surface area contributed by atoms with Crippen LogP contribution < -0.4 is 5.14 Å². The zero-order valence-electron chi connectivity index (χ0n) is 14.2. The molecule has 3 N–H and O–H groups in total. The largest absolute Gasteiger partial charge is 0.477 e. The monoisotopic (exact) mass is 387 g/mol. The summed E-state index contributed by atoms with van der Waals surface area (Å²) in [6.45, 7) is 3.85. The molecule has 0 aliphatic rings. The molecule has 3 rings (SSSR count). The Morgan fingerprint density at radius 3 is 2.00 bits per heavy atom. The minimum atomic E-state index is -3.77. The number of benzene rings is 2. The van der Waals surface area contributed by atoms with Crippen LogP contribution in [0.3, 0.4) is 0 Å². The molecule has 0 spiro atoms. The Hall–Kier alpha value is -2.48. The first-order chi connectivity index (χ1) is 12.2. The van der Waals surface area contributed by atoms with Crippen LogP contribution in [0.4, 0.5) is 0 Å². The highest BCUT2D eigenvalue weighted by atomic mass is 32.2. The maximum atomic E-state index is 11.8. The molecule has 0 aliphatic heterocycles. The van der Waals surface area contributed by atoms with Gasteiger partial charge in [-0.3, -0.25) is 0 Å². The van der Waals surface area contributed by atoms with Crippen LogP contribution in [-0.2, 0) is 10.0 Å². The summed E-state index contributed by atoms with van der Waals surface area (Å²) in [5, 5.41) is 14.8. The maximum Gasteiger partial charge on any atom is 0.346 e. The molecule has 0 saturated carbocycles. The van der Waals surface area contributed by atoms with Gasteiger partial charge in [0.1, 0.15) is 4.88 Å². The molecule has 7 heteroatoms. The summed E-state index contributed by atoms with van der Waals surface area (Å²) in [7, 11) is -3.77. The van der Waals surface area contributed by atoms with E-state index in [-0.39, 0.29) is 9.77 Å². The first kappa shape index (κ1) is 18.3. The van der Waals surface area contributed by atoms with E-state index < -0.39 is 16.0 Å². The van der Waals surface area contributed by atoms with E-state index in [0.29, 0.717) is 5.56 Å². The standard InChI is InChI=1S/C19H17NO4S2/c1-11-3-5-13(6-4-11)16-12(2)17(25-18(16)19(21)22)14-7-9-15(10-8-14)26(20,23)24/h3-10H,1-2H3,(H,21,22)(H2,20,23,24). The second kappa shape index (κ2) is 6.68. The van der Waals surface area contributed by atoms with E-state index in [1.54, 1.807) is 12.1 Å². The average molecular weight is 387 g/mol. The quantitative estimate of drug-likeness (QED) is 0.706. The third-order valence-electron chi connectivity index (χ3n) is 4.13. The number of carbonyl (C=O) groups is 1. The van der Waals surface area contributed by atoms with Crippen LogP contribution >= 0.6 is 11.3 Å². The lowest BCUT2D eigenvalue weighted by Crippen LogP contribution is -2.11. The van der Waals surface area contributed by atoms with Crippen molar-refractivity contribution in [3.63, 3.8) is 0 Å². The van der Waals surface area contributed by atoms with Gasteiger partial charge in [-0.05, 0) is 42.7 Å². The first-order valence-corrected chi connectivity index (χ1v) is 10.1. The SMILES string of the molecule is Cc1ccc(-c2c(C(=O)O)sc(-c3ccc(S(N)(=O)=O)cc3)c2C)cc1. The van der Waals surface area contributed by atoms with Crippen LogP contribution in [0.1, 0.15) is 20.8 Å². The molecule has 0 radical (unpaired) electrons. The molecular formula is C19H17NO4S2. The Bertz CT molecular complexity index is 1080. The Morgan fingerprint density at radius 1 is 0.962 bits per heavy atom. The third kappa shape index (κ3) is 3.41. The van der Waals surface area contributed by atoms with E-state index in [9.17, 15) is 18.3 Å². The molecule has 0 unspecified atom stereocenters. The fraction of sp³-hybridized carbons (Fsp3) is 0.105. The van der Waals surface area contributed by atoms with Gasteiger partial charge in [-0.1, -0.05) is 42.0 Å². The minimum Gasteiger partial charge on any atom is -0.477 e. The summed E-state index contributed by atoms with van der Waals surface area (Å²) in [5.41, 5.74) is 4.22. The van der Waals surface area contributed by atoms with Crippen molar-refractivity contribution in [3.8, 4) is 21.6 Å². The van der Waals surface area contributed by atoms with Crippen molar-refractivity contribution in [1.29, 1.82) is 0 Å². The molecule has 0 aliphatic carbocycles. The van der Waals surface area contributed by atoms with Crippen molar-refractivity contribution >= 4 is 27.3 Å². The van der Waals surface area contributed by atoms with Crippen LogP contribution in [0.15, 0.2) is 53.4 Å². The number of nitrogens with two attached hydrogens (primary N) is 1. The predicted molar refractivity (Wildman–Crippen MR) is 103 cm³/mol. The van der Waals surface area contributed by atoms with E-state index in [2.05, 4.69) is 0 Å². The highest BCUT2D eigenvalue weighted by Crippen LogP contribution is 2.42. The average Bonchev–Trinajstić information content (AvgIpc) is 2.93. The number of aromatic carboxylic acids is 1. The van der Waals surface area contributed by atoms with Gasteiger partial charge in [0.15, 0.2) is 0 Å². The molecule has 134 valence electrons. The molecule has 0 saturated heterocycles. The van der Waals surface area contributed by atoms with Crippen LogP contribution in [0.5, 0.6) is 0 Å². The number of aryl methyl sites for hydroxylation is 1. The Kier molecular flexibility index (Phi) is 4.70. The minimum absolute atomic E-state index is 0.0210. The van der Waals surface area contributed by atoms with Gasteiger partial charge in [0, 0.05) is 10.4 Å². The molecule has 2 aromatic carbocycles. The Morgan fingerprint density at radius 2 is 1.50 bits per heavy atom. The van der Waals surface area contributed by atoms with E-state index in [1.165, 1.54) is 23.5 Å². The lowest BCUT2D eigenvalue weighted by Gasteiger charge is -2.05. The zero-order chi connectivity index (χ0) is 19.1. The van der Waals surface area contributed by atoms with Crippen molar-refractivity contribution in [2.75, 3.05) is 0 Å². The normalized spacial score (nSPS) is 11.5. The van der Waals surface area contributed by atoms with E-state index in [1.807, 2.05) is 38.1 Å². The van der Waals surface area contributed by atoms with Gasteiger partial charge >= 0.3 is 5.97 Å². The molecule has 0 atom stereocenters. The zero-order valence-corrected chi connectivity index (χ0v) is 15.8. The smallest absolute Gasteiger partial charge is 0.346 e. The fourth-order valence-electron chi connectivity index (χ4n) is 2.80. The second-order valence-corrected chi connectivity index (χ2v) is 8.58. The number of thiophene rings is 1. The van der Waals surface area contributed by atoms with Crippen LogP contribution in [-0.4, -0.2) is 19.5 Å². The molecule has 1 heterocycles. The fourth-order valence-corrected chi connectivity index (χ4v) is 4.49. The summed E-state index contributed by atoms with van der Waals surface area (Å²) in [4.78, 5) is 12.8. The van der Waals surface area contributed by atoms with Gasteiger partial charge in [-0.25, -0.2) is 18.4 Å². The van der Waals surface area contributed by atoms with Crippen LogP contribution in [0.25, 0.3) is 21.6 Å². The van der Waals surface area contributed by atoms with Gasteiger partial charge in [-0.2, -0.15) is 0 Å². The number of hydrogen-bond donors (Lipinski definition) is 2. The Balaban J connectivity index is 2.16. The molecular weight excluding hydrogens is 370 g/mol. The lowest BCUT2D eigenvalue weighted by atomic mass is 9.98. The van der Waals surface area contributed by atoms with Gasteiger partial charge in [0.25, 0.3) is 0 Å². The van der Waals surface area contributed by atoms with Crippen molar-refractivity contribution < 1.29 is 18.3 Å². The number of carboxylic acid groups (broad SMARTS) is 1. The molecule has 5 nitrogen and oxygen atoms in total. The Labute approximate surface area is 155 Å². The first-order valence-electron chi connectivity index (χ1n) is 7.75. The molecule has 26 heavy (non-hydrogen) atoms. The summed E-state index contributed by atoms with van der Waals surface area (Å²) in [5.74, 6) is -0.985. The molecule has 3 aromatic rings. The number of primary sulfonamides is 1. The number of sulfonamides is 1. The third-order valence-corrected chi connectivity index (χ3v) is 6.38. The van der Waals surface area contributed by atoms with E-state index >= 15 is 0 Å². The lowest BCUT2D eigenvalue weighted by molar-refractivity contribution is 0.0703. The van der Waals surface area contributed by atoms with Gasteiger partial charge in [0.05, 0.1) is 4.90 Å². The topological polar surface area (TPSA) is 97.5 Å². The highest BCUT2D eigenvalue weighted by Gasteiger charge is 2.22. The molecule has 1 aromatic heterocycles. The van der Waals surface area contributed by atoms with E-state index in [0.717, 1.165) is 27.1 Å². The van der Waals surface area contributed by atoms with E-state index in [4.69, 9.17) is 5.14 Å². The van der Waals surface area contributed by atoms with Gasteiger partial charge in [-0.15, -0.1) is 11.3 Å². The predicted octanol–water partition coefficient (Wildman–Crippen LogP) is 4.04. The molecule has 0 fully saturated rings. The summed E-state index contributed by atoms with van der Waals surface area (Å²) >= 11 is 1.18. The summed E-state index contributed by atoms with van der Waals surface area (Å²) in [6, 6.07) is 13.8. The van der Waals surface area contributed by atoms with Gasteiger partial charge < -0.3 is 5.11 Å². The van der Waals surface area contributed by atoms with Crippen molar-refractivity contribution in [2.45, 2.75) is 18.7 Å². The van der Waals surface area contributed by atoms with Crippen molar-refractivity contribution in [1.82, 2.24) is 0 Å². The number of carboxylic acids is 1. The van der Waals surface area contributed by atoms with Gasteiger partial charge in [0.2, 0.25) is 10.0 Å². The van der Waals surface area contributed by atoms with Crippen molar-refractivity contribution in [3.05, 3.63) is 64.5 Å². The van der Waals surface area contributed by atoms with Crippen LogP contribution in [0.2, 0.25) is 0 Å². The number of rotatable bonds is 4. The highest BCUT2D eigenvalue weighted by molar-refractivity contribution is 7.89. The van der Waals surface area contributed by atoms with Crippen LogP contribution in [0, 0.1) is 13.8 Å².